The maximum Gasteiger partial charge on any atom is 0.0330 e. The van der Waals surface area contributed by atoms with Gasteiger partial charge >= 0.3 is 0 Å². The molecule has 0 aromatic carbocycles. The number of rotatable bonds is 8. The molecule has 0 spiro atoms. The van der Waals surface area contributed by atoms with Gasteiger partial charge in [0.25, 0.3) is 0 Å². The molecule has 0 saturated carbocycles. The van der Waals surface area contributed by atoms with Gasteiger partial charge in [0.15, 0.2) is 0 Å². The van der Waals surface area contributed by atoms with Crippen molar-refractivity contribution in [2.45, 2.75) is 27.7 Å². The summed E-state index contributed by atoms with van der Waals surface area (Å²) in [6.45, 7) is 12.1. The second-order valence-corrected chi connectivity index (χ2v) is 3.58. The van der Waals surface area contributed by atoms with E-state index in [4.69, 9.17) is 0 Å². The lowest BCUT2D eigenvalue weighted by atomic mass is 10.2. The van der Waals surface area contributed by atoms with E-state index in [2.05, 4.69) is 28.6 Å². The molecule has 0 aromatic heterocycles. The Bertz CT molecular complexity index is 252. The number of nitrogens with one attached hydrogen (secondary N) is 2. The lowest BCUT2D eigenvalue weighted by Crippen LogP contribution is -2.28. The molecule has 0 rings (SSSR count). The fourth-order valence-corrected chi connectivity index (χ4v) is 1.07. The first-order chi connectivity index (χ1) is 7.74. The van der Waals surface area contributed by atoms with Crippen LogP contribution in [0, 0.1) is 0 Å². The Hall–Kier alpha value is -0.930. The van der Waals surface area contributed by atoms with Crippen LogP contribution in [0.15, 0.2) is 28.4 Å². The minimum Gasteiger partial charge on any atom is -0.316 e. The predicted octanol–water partition coefficient (Wildman–Crippen LogP) is 2.13. The van der Waals surface area contributed by atoms with Gasteiger partial charge in [0, 0.05) is 31.5 Å². The number of nitrogens with zero attached hydrogens (tertiary/aromatic N) is 1. The van der Waals surface area contributed by atoms with E-state index in [-0.39, 0.29) is 0 Å². The van der Waals surface area contributed by atoms with Gasteiger partial charge in [-0.1, -0.05) is 19.1 Å². The fourth-order valence-electron chi connectivity index (χ4n) is 1.07. The molecule has 0 atom stereocenters. The summed E-state index contributed by atoms with van der Waals surface area (Å²) in [6.07, 6.45) is 6.02. The first-order valence-electron chi connectivity index (χ1n) is 5.98. The third-order valence-electron chi connectivity index (χ3n) is 2.28. The molecule has 0 aliphatic rings. The molecule has 0 fully saturated rings. The van der Waals surface area contributed by atoms with E-state index in [1.165, 1.54) is 5.57 Å². The zero-order chi connectivity index (χ0) is 12.2. The van der Waals surface area contributed by atoms with Crippen LogP contribution in [0.25, 0.3) is 0 Å². The predicted molar refractivity (Wildman–Crippen MR) is 73.1 cm³/mol. The first kappa shape index (κ1) is 15.1. The molecule has 0 radical (unpaired) electrons. The van der Waals surface area contributed by atoms with Crippen molar-refractivity contribution in [1.29, 1.82) is 0 Å². The van der Waals surface area contributed by atoms with Gasteiger partial charge in [-0.15, -0.1) is 0 Å². The largest absolute Gasteiger partial charge is 0.316 e. The molecule has 0 heterocycles. The zero-order valence-electron chi connectivity index (χ0n) is 11.0. The van der Waals surface area contributed by atoms with Gasteiger partial charge in [0.1, 0.15) is 0 Å². The monoisotopic (exact) mass is 223 g/mol. The second kappa shape index (κ2) is 10.6. The summed E-state index contributed by atoms with van der Waals surface area (Å²) in [5.74, 6) is 0. The Morgan fingerprint density at radius 2 is 1.81 bits per heavy atom. The summed E-state index contributed by atoms with van der Waals surface area (Å²) in [6, 6.07) is 0. The quantitative estimate of drug-likeness (QED) is 0.488. The molecule has 0 bridgehead atoms. The van der Waals surface area contributed by atoms with Gasteiger partial charge in [-0.2, -0.15) is 0 Å². The number of allylic oxidation sites excluding steroid dienone is 3. The molecule has 2 N–H and O–H groups in total. The van der Waals surface area contributed by atoms with E-state index < -0.39 is 0 Å². The molecule has 92 valence electrons. The third-order valence-corrected chi connectivity index (χ3v) is 2.28. The lowest BCUT2D eigenvalue weighted by molar-refractivity contribution is 0.650. The van der Waals surface area contributed by atoms with Crippen molar-refractivity contribution in [2.75, 3.05) is 26.2 Å². The molecule has 3 heteroatoms. The van der Waals surface area contributed by atoms with Crippen molar-refractivity contribution in [1.82, 2.24) is 10.6 Å². The summed E-state index contributed by atoms with van der Waals surface area (Å²) >= 11 is 0. The fraction of sp³-hybridized carbons (Fsp3) is 0.615. The molecule has 0 amide bonds. The maximum atomic E-state index is 4.34. The lowest BCUT2D eigenvalue weighted by Gasteiger charge is -2.05. The molecule has 0 unspecified atom stereocenters. The molecule has 3 nitrogen and oxygen atoms in total. The average molecular weight is 223 g/mol. The van der Waals surface area contributed by atoms with Crippen LogP contribution in [-0.2, 0) is 0 Å². The highest BCUT2D eigenvalue weighted by Gasteiger charge is 1.91. The van der Waals surface area contributed by atoms with Gasteiger partial charge in [0.05, 0.1) is 0 Å². The van der Waals surface area contributed by atoms with Crippen LogP contribution >= 0.6 is 0 Å². The van der Waals surface area contributed by atoms with Crippen molar-refractivity contribution in [3.63, 3.8) is 0 Å². The van der Waals surface area contributed by atoms with E-state index in [1.54, 1.807) is 0 Å². The minimum atomic E-state index is 0.877. The highest BCUT2D eigenvalue weighted by atomic mass is 14.9. The number of hydrogen-bond acceptors (Lipinski definition) is 3. The van der Waals surface area contributed by atoms with Crippen molar-refractivity contribution in [2.24, 2.45) is 4.99 Å². The van der Waals surface area contributed by atoms with Gasteiger partial charge in [0.2, 0.25) is 0 Å². The molecule has 0 aromatic rings. The van der Waals surface area contributed by atoms with Crippen molar-refractivity contribution in [3.8, 4) is 0 Å². The minimum absolute atomic E-state index is 0.877. The molecular formula is C13H25N3. The summed E-state index contributed by atoms with van der Waals surface area (Å²) in [4.78, 5) is 4.34. The summed E-state index contributed by atoms with van der Waals surface area (Å²) < 4.78 is 0. The van der Waals surface area contributed by atoms with E-state index in [0.29, 0.717) is 0 Å². The van der Waals surface area contributed by atoms with Crippen LogP contribution in [0.5, 0.6) is 0 Å². The van der Waals surface area contributed by atoms with Gasteiger partial charge in [-0.05, 0) is 32.9 Å². The zero-order valence-corrected chi connectivity index (χ0v) is 11.0. The van der Waals surface area contributed by atoms with Crippen LogP contribution in [0.2, 0.25) is 0 Å². The Kier molecular flexibility index (Phi) is 9.97. The van der Waals surface area contributed by atoms with Gasteiger partial charge in [-0.25, -0.2) is 0 Å². The Morgan fingerprint density at radius 3 is 2.38 bits per heavy atom. The second-order valence-electron chi connectivity index (χ2n) is 3.58. The number of hydrogen-bond donors (Lipinski definition) is 2. The van der Waals surface area contributed by atoms with E-state index >= 15 is 0 Å². The highest BCUT2D eigenvalue weighted by Crippen LogP contribution is 1.95. The summed E-state index contributed by atoms with van der Waals surface area (Å²) in [5.41, 5.74) is 2.27. The SMILES string of the molecule is C\C=C(/C=N/C(C)=C\C)CNCCNCC. The summed E-state index contributed by atoms with van der Waals surface area (Å²) in [5, 5.41) is 6.65. The van der Waals surface area contributed by atoms with E-state index in [0.717, 1.165) is 31.9 Å². The third kappa shape index (κ3) is 8.38. The standard InChI is InChI=1S/C13H25N3/c1-5-12(4)16-11-13(6-2)10-15-9-8-14-7-3/h5-6,11,14-15H,7-10H2,1-4H3/b12-5-,13-6-,16-11+. The average Bonchev–Trinajstić information content (AvgIpc) is 2.32. The Labute approximate surface area is 99.7 Å². The first-order valence-corrected chi connectivity index (χ1v) is 5.98. The van der Waals surface area contributed by atoms with Crippen LogP contribution in [0.4, 0.5) is 0 Å². The van der Waals surface area contributed by atoms with Crippen LogP contribution in [0.1, 0.15) is 27.7 Å². The number of likely N-dealkylation sites (N-methyl/N-ethyl adjacent to an activating group) is 1. The molecular weight excluding hydrogens is 198 g/mol. The molecule has 0 saturated heterocycles. The molecule has 0 aliphatic carbocycles. The van der Waals surface area contributed by atoms with Crippen molar-refractivity contribution >= 4 is 6.21 Å². The molecule has 16 heavy (non-hydrogen) atoms. The van der Waals surface area contributed by atoms with Crippen molar-refractivity contribution in [3.05, 3.63) is 23.4 Å². The van der Waals surface area contributed by atoms with Gasteiger partial charge < -0.3 is 10.6 Å². The van der Waals surface area contributed by atoms with Crippen LogP contribution in [0.3, 0.4) is 0 Å². The van der Waals surface area contributed by atoms with Crippen LogP contribution < -0.4 is 10.6 Å². The van der Waals surface area contributed by atoms with E-state index in [9.17, 15) is 0 Å². The van der Waals surface area contributed by atoms with E-state index in [1.807, 2.05) is 33.1 Å². The number of aliphatic imine (C=N–C) groups is 1. The Morgan fingerprint density at radius 1 is 1.12 bits per heavy atom. The van der Waals surface area contributed by atoms with Crippen molar-refractivity contribution < 1.29 is 0 Å². The topological polar surface area (TPSA) is 36.4 Å². The summed E-state index contributed by atoms with van der Waals surface area (Å²) in [7, 11) is 0. The smallest absolute Gasteiger partial charge is 0.0330 e. The van der Waals surface area contributed by atoms with Crippen LogP contribution in [-0.4, -0.2) is 32.4 Å². The Balaban J connectivity index is 3.81. The highest BCUT2D eigenvalue weighted by molar-refractivity contribution is 5.79. The molecule has 0 aliphatic heterocycles. The normalized spacial score (nSPS) is 13.8. The maximum absolute atomic E-state index is 4.34. The van der Waals surface area contributed by atoms with Gasteiger partial charge in [-0.3, -0.25) is 4.99 Å².